The molecular formula is C18H15FN2O2. The number of rotatable bonds is 3. The minimum atomic E-state index is -0.289. The van der Waals surface area contributed by atoms with Crippen molar-refractivity contribution < 1.29 is 13.9 Å². The van der Waals surface area contributed by atoms with Gasteiger partial charge in [0.1, 0.15) is 17.7 Å². The number of nitrogens with one attached hydrogen (secondary N) is 1. The lowest BCUT2D eigenvalue weighted by atomic mass is 10.1. The van der Waals surface area contributed by atoms with Gasteiger partial charge in [-0.25, -0.2) is 4.39 Å². The molecule has 1 saturated heterocycles. The lowest BCUT2D eigenvalue weighted by molar-refractivity contribution is 0.0178. The summed E-state index contributed by atoms with van der Waals surface area (Å²) in [6.45, 7) is 1.08. The Morgan fingerprint density at radius 3 is 2.70 bits per heavy atom. The van der Waals surface area contributed by atoms with Crippen molar-refractivity contribution in [2.75, 3.05) is 13.1 Å². The van der Waals surface area contributed by atoms with E-state index in [0.717, 1.165) is 10.9 Å². The molecule has 1 aliphatic heterocycles. The van der Waals surface area contributed by atoms with Gasteiger partial charge in [-0.2, -0.15) is 0 Å². The standard InChI is InChI=1S/C18H15FN2O2/c19-14-3-5-15(6-4-14)23-16-10-21(11-16)18(22)13-2-1-12-7-8-20-17(12)9-13/h1-9,16,20H,10-11H2. The third kappa shape index (κ3) is 2.65. The van der Waals surface area contributed by atoms with Gasteiger partial charge in [-0.1, -0.05) is 6.07 Å². The second kappa shape index (κ2) is 5.43. The first kappa shape index (κ1) is 13.8. The topological polar surface area (TPSA) is 45.3 Å². The molecular weight excluding hydrogens is 295 g/mol. The van der Waals surface area contributed by atoms with Crippen LogP contribution in [0.5, 0.6) is 5.75 Å². The van der Waals surface area contributed by atoms with E-state index in [9.17, 15) is 9.18 Å². The zero-order chi connectivity index (χ0) is 15.8. The molecule has 1 aliphatic rings. The summed E-state index contributed by atoms with van der Waals surface area (Å²) < 4.78 is 18.6. The summed E-state index contributed by atoms with van der Waals surface area (Å²) in [7, 11) is 0. The Morgan fingerprint density at radius 1 is 1.13 bits per heavy atom. The Labute approximate surface area is 132 Å². The first-order valence-electron chi connectivity index (χ1n) is 7.48. The Kier molecular flexibility index (Phi) is 3.26. The van der Waals surface area contributed by atoms with Crippen molar-refractivity contribution in [1.82, 2.24) is 9.88 Å². The maximum atomic E-state index is 12.9. The molecule has 0 radical (unpaired) electrons. The highest BCUT2D eigenvalue weighted by molar-refractivity contribution is 5.98. The van der Waals surface area contributed by atoms with Crippen molar-refractivity contribution in [3.8, 4) is 5.75 Å². The summed E-state index contributed by atoms with van der Waals surface area (Å²) in [4.78, 5) is 17.3. The van der Waals surface area contributed by atoms with Crippen molar-refractivity contribution in [2.45, 2.75) is 6.10 Å². The molecule has 23 heavy (non-hydrogen) atoms. The monoisotopic (exact) mass is 310 g/mol. The molecule has 0 atom stereocenters. The molecule has 116 valence electrons. The molecule has 3 aromatic rings. The maximum absolute atomic E-state index is 12.9. The average molecular weight is 310 g/mol. The van der Waals surface area contributed by atoms with Gasteiger partial charge in [0.25, 0.3) is 5.91 Å². The fourth-order valence-corrected chi connectivity index (χ4v) is 2.75. The fourth-order valence-electron chi connectivity index (χ4n) is 2.75. The first-order valence-corrected chi connectivity index (χ1v) is 7.48. The van der Waals surface area contributed by atoms with E-state index in [1.165, 1.54) is 12.1 Å². The molecule has 0 saturated carbocycles. The smallest absolute Gasteiger partial charge is 0.254 e. The molecule has 1 N–H and O–H groups in total. The predicted octanol–water partition coefficient (Wildman–Crippen LogP) is 3.21. The maximum Gasteiger partial charge on any atom is 0.254 e. The number of carbonyl (C=O) groups excluding carboxylic acids is 1. The Hall–Kier alpha value is -2.82. The highest BCUT2D eigenvalue weighted by Crippen LogP contribution is 2.21. The summed E-state index contributed by atoms with van der Waals surface area (Å²) >= 11 is 0. The number of amides is 1. The molecule has 0 bridgehead atoms. The molecule has 2 heterocycles. The van der Waals surface area contributed by atoms with Gasteiger partial charge >= 0.3 is 0 Å². The van der Waals surface area contributed by atoms with Gasteiger partial charge in [-0.15, -0.1) is 0 Å². The average Bonchev–Trinajstić information content (AvgIpc) is 2.99. The van der Waals surface area contributed by atoms with Crippen LogP contribution in [0.2, 0.25) is 0 Å². The number of H-pyrrole nitrogens is 1. The van der Waals surface area contributed by atoms with E-state index in [4.69, 9.17) is 4.74 Å². The normalized spacial score (nSPS) is 14.7. The number of likely N-dealkylation sites (tertiary alicyclic amines) is 1. The van der Waals surface area contributed by atoms with Crippen molar-refractivity contribution in [2.24, 2.45) is 0 Å². The van der Waals surface area contributed by atoms with Crippen molar-refractivity contribution in [1.29, 1.82) is 0 Å². The van der Waals surface area contributed by atoms with Crippen LogP contribution in [0.3, 0.4) is 0 Å². The largest absolute Gasteiger partial charge is 0.487 e. The Bertz CT molecular complexity index is 851. The summed E-state index contributed by atoms with van der Waals surface area (Å²) in [6.07, 6.45) is 1.81. The molecule has 0 aliphatic carbocycles. The Morgan fingerprint density at radius 2 is 1.91 bits per heavy atom. The summed E-state index contributed by atoms with van der Waals surface area (Å²) in [5.74, 6) is 0.333. The van der Waals surface area contributed by atoms with Gasteiger partial charge in [-0.05, 0) is 47.9 Å². The van der Waals surface area contributed by atoms with E-state index in [1.807, 2.05) is 30.5 Å². The second-order valence-corrected chi connectivity index (χ2v) is 5.68. The molecule has 1 amide bonds. The second-order valence-electron chi connectivity index (χ2n) is 5.68. The van der Waals surface area contributed by atoms with E-state index in [1.54, 1.807) is 17.0 Å². The Balaban J connectivity index is 1.39. The van der Waals surface area contributed by atoms with Gasteiger partial charge in [-0.3, -0.25) is 4.79 Å². The van der Waals surface area contributed by atoms with E-state index in [0.29, 0.717) is 24.4 Å². The highest BCUT2D eigenvalue weighted by Gasteiger charge is 2.32. The molecule has 2 aromatic carbocycles. The minimum Gasteiger partial charge on any atom is -0.487 e. The molecule has 5 heteroatoms. The zero-order valence-electron chi connectivity index (χ0n) is 12.3. The minimum absolute atomic E-state index is 0.000422. The van der Waals surface area contributed by atoms with Crippen molar-refractivity contribution in [3.05, 3.63) is 66.1 Å². The fraction of sp³-hybridized carbons (Fsp3) is 0.167. The van der Waals surface area contributed by atoms with Crippen LogP contribution >= 0.6 is 0 Å². The van der Waals surface area contributed by atoms with Gasteiger partial charge < -0.3 is 14.6 Å². The number of aromatic nitrogens is 1. The predicted molar refractivity (Wildman–Crippen MR) is 85.0 cm³/mol. The highest BCUT2D eigenvalue weighted by atomic mass is 19.1. The van der Waals surface area contributed by atoms with Crippen molar-refractivity contribution >= 4 is 16.8 Å². The van der Waals surface area contributed by atoms with Crippen LogP contribution in [0.15, 0.2) is 54.7 Å². The van der Waals surface area contributed by atoms with E-state index in [2.05, 4.69) is 4.98 Å². The molecule has 4 nitrogen and oxygen atoms in total. The van der Waals surface area contributed by atoms with Gasteiger partial charge in [0, 0.05) is 17.3 Å². The third-order valence-corrected chi connectivity index (χ3v) is 4.05. The van der Waals surface area contributed by atoms with Crippen LogP contribution in [-0.4, -0.2) is 35.0 Å². The number of carbonyl (C=O) groups is 1. The molecule has 4 rings (SSSR count). The van der Waals surface area contributed by atoms with Crippen LogP contribution < -0.4 is 4.74 Å². The van der Waals surface area contributed by atoms with Gasteiger partial charge in [0.15, 0.2) is 0 Å². The zero-order valence-corrected chi connectivity index (χ0v) is 12.3. The third-order valence-electron chi connectivity index (χ3n) is 4.05. The number of benzene rings is 2. The number of aromatic amines is 1. The summed E-state index contributed by atoms with van der Waals surface area (Å²) in [5, 5.41) is 1.09. The van der Waals surface area contributed by atoms with Gasteiger partial charge in [0.2, 0.25) is 0 Å². The van der Waals surface area contributed by atoms with Crippen LogP contribution in [0.25, 0.3) is 10.9 Å². The number of hydrogen-bond acceptors (Lipinski definition) is 2. The molecule has 1 fully saturated rings. The number of hydrogen-bond donors (Lipinski definition) is 1. The van der Waals surface area contributed by atoms with Crippen LogP contribution in [0.4, 0.5) is 4.39 Å². The number of ether oxygens (including phenoxy) is 1. The van der Waals surface area contributed by atoms with Gasteiger partial charge in [0.05, 0.1) is 13.1 Å². The van der Waals surface area contributed by atoms with Crippen LogP contribution in [-0.2, 0) is 0 Å². The van der Waals surface area contributed by atoms with E-state index in [-0.39, 0.29) is 17.8 Å². The van der Waals surface area contributed by atoms with E-state index >= 15 is 0 Å². The quantitative estimate of drug-likeness (QED) is 0.807. The lowest BCUT2D eigenvalue weighted by Gasteiger charge is -2.39. The SMILES string of the molecule is O=C(c1ccc2cc[nH]c2c1)N1CC(Oc2ccc(F)cc2)C1. The number of nitrogens with zero attached hydrogens (tertiary/aromatic N) is 1. The molecule has 1 aromatic heterocycles. The number of halogens is 1. The first-order chi connectivity index (χ1) is 11.2. The van der Waals surface area contributed by atoms with Crippen molar-refractivity contribution in [3.63, 3.8) is 0 Å². The molecule has 0 unspecified atom stereocenters. The summed E-state index contributed by atoms with van der Waals surface area (Å²) in [6, 6.07) is 13.5. The van der Waals surface area contributed by atoms with Crippen LogP contribution in [0, 0.1) is 5.82 Å². The van der Waals surface area contributed by atoms with E-state index < -0.39 is 0 Å². The summed E-state index contributed by atoms with van der Waals surface area (Å²) in [5.41, 5.74) is 1.62. The lowest BCUT2D eigenvalue weighted by Crippen LogP contribution is -2.56. The molecule has 0 spiro atoms. The number of fused-ring (bicyclic) bond motifs is 1. The van der Waals surface area contributed by atoms with Crippen LogP contribution in [0.1, 0.15) is 10.4 Å².